The number of thioether (sulfide) groups is 1. The first-order chi connectivity index (χ1) is 11.6. The summed E-state index contributed by atoms with van der Waals surface area (Å²) in [5.41, 5.74) is 3.51. The molecule has 3 nitrogen and oxygen atoms in total. The van der Waals surface area contributed by atoms with E-state index in [4.69, 9.17) is 16.3 Å². The number of nitrogens with one attached hydrogen (secondary N) is 1. The van der Waals surface area contributed by atoms with Crippen LogP contribution in [0.2, 0.25) is 5.02 Å². The number of aryl methyl sites for hydroxylation is 1. The summed E-state index contributed by atoms with van der Waals surface area (Å²) >= 11 is 7.43. The van der Waals surface area contributed by atoms with Gasteiger partial charge in [0, 0.05) is 10.8 Å². The smallest absolute Gasteiger partial charge is 0.230 e. The second-order valence-electron chi connectivity index (χ2n) is 5.52. The molecule has 5 heteroatoms. The van der Waals surface area contributed by atoms with Gasteiger partial charge in [0.25, 0.3) is 0 Å². The molecule has 0 aliphatic rings. The van der Waals surface area contributed by atoms with E-state index in [1.165, 1.54) is 5.56 Å². The molecular weight excluding hydrogens is 342 g/mol. The van der Waals surface area contributed by atoms with Crippen molar-refractivity contribution in [2.45, 2.75) is 19.6 Å². The van der Waals surface area contributed by atoms with E-state index in [0.717, 1.165) is 27.7 Å². The Labute approximate surface area is 152 Å². The highest BCUT2D eigenvalue weighted by Gasteiger charge is 2.04. The summed E-state index contributed by atoms with van der Waals surface area (Å²) < 4.78 is 5.72. The molecular formula is C19H22ClNO2S. The lowest BCUT2D eigenvalue weighted by atomic mass is 10.1. The largest absolute Gasteiger partial charge is 0.491 e. The molecule has 0 aliphatic heterocycles. The average Bonchev–Trinajstić information content (AvgIpc) is 2.57. The summed E-state index contributed by atoms with van der Waals surface area (Å²) in [6, 6.07) is 13.7. The number of amides is 1. The van der Waals surface area contributed by atoms with Crippen molar-refractivity contribution < 1.29 is 9.53 Å². The third-order valence-corrected chi connectivity index (χ3v) is 4.91. The molecule has 0 aromatic heterocycles. The second-order valence-corrected chi connectivity index (χ2v) is 6.94. The topological polar surface area (TPSA) is 38.3 Å². The predicted octanol–water partition coefficient (Wildman–Crippen LogP) is 4.39. The minimum Gasteiger partial charge on any atom is -0.491 e. The molecule has 2 aromatic rings. The molecule has 2 rings (SSSR count). The van der Waals surface area contributed by atoms with Crippen molar-refractivity contribution in [2.24, 2.45) is 0 Å². The summed E-state index contributed by atoms with van der Waals surface area (Å²) in [4.78, 5) is 11.8. The Bertz CT molecular complexity index is 674. The molecule has 0 fully saturated rings. The summed E-state index contributed by atoms with van der Waals surface area (Å²) in [5, 5.41) is 3.60. The molecule has 2 aromatic carbocycles. The lowest BCUT2D eigenvalue weighted by Crippen LogP contribution is -2.29. The van der Waals surface area contributed by atoms with Gasteiger partial charge in [-0.2, -0.15) is 0 Å². The van der Waals surface area contributed by atoms with Crippen LogP contribution in [0, 0.1) is 13.8 Å². The van der Waals surface area contributed by atoms with Gasteiger partial charge in [0.05, 0.1) is 12.3 Å². The number of carbonyl (C=O) groups is 1. The fourth-order valence-electron chi connectivity index (χ4n) is 2.13. The minimum atomic E-state index is 0.0264. The van der Waals surface area contributed by atoms with Crippen LogP contribution in [-0.4, -0.2) is 24.8 Å². The van der Waals surface area contributed by atoms with Gasteiger partial charge >= 0.3 is 0 Å². The molecule has 128 valence electrons. The maximum atomic E-state index is 11.8. The van der Waals surface area contributed by atoms with Gasteiger partial charge in [-0.05, 0) is 48.7 Å². The van der Waals surface area contributed by atoms with Gasteiger partial charge in [0.2, 0.25) is 5.91 Å². The third-order valence-electron chi connectivity index (χ3n) is 3.65. The monoisotopic (exact) mass is 363 g/mol. The zero-order valence-corrected chi connectivity index (χ0v) is 15.5. The Kier molecular flexibility index (Phi) is 7.47. The van der Waals surface area contributed by atoms with Crippen molar-refractivity contribution >= 4 is 29.3 Å². The molecule has 0 aliphatic carbocycles. The van der Waals surface area contributed by atoms with E-state index in [-0.39, 0.29) is 5.91 Å². The van der Waals surface area contributed by atoms with Crippen LogP contribution in [0.1, 0.15) is 16.7 Å². The summed E-state index contributed by atoms with van der Waals surface area (Å²) in [6.45, 7) is 5.07. The molecule has 24 heavy (non-hydrogen) atoms. The van der Waals surface area contributed by atoms with E-state index < -0.39 is 0 Å². The van der Waals surface area contributed by atoms with E-state index in [1.807, 2.05) is 43.3 Å². The van der Waals surface area contributed by atoms with E-state index >= 15 is 0 Å². The van der Waals surface area contributed by atoms with Gasteiger partial charge in [-0.15, -0.1) is 11.8 Å². The van der Waals surface area contributed by atoms with Crippen LogP contribution in [-0.2, 0) is 10.5 Å². The maximum Gasteiger partial charge on any atom is 0.230 e. The Morgan fingerprint density at radius 2 is 1.92 bits per heavy atom. The number of hydrogen-bond donors (Lipinski definition) is 1. The van der Waals surface area contributed by atoms with Crippen LogP contribution in [0.5, 0.6) is 5.75 Å². The first-order valence-electron chi connectivity index (χ1n) is 7.84. The fourth-order valence-corrected chi connectivity index (χ4v) is 3.07. The van der Waals surface area contributed by atoms with Crippen molar-refractivity contribution in [3.05, 3.63) is 64.2 Å². The Balaban J connectivity index is 1.61. The van der Waals surface area contributed by atoms with Gasteiger partial charge < -0.3 is 10.1 Å². The number of rotatable bonds is 8. The molecule has 0 radical (unpaired) electrons. The normalized spacial score (nSPS) is 10.5. The Morgan fingerprint density at radius 1 is 1.17 bits per heavy atom. The molecule has 0 saturated heterocycles. The highest BCUT2D eigenvalue weighted by molar-refractivity contribution is 7.99. The van der Waals surface area contributed by atoms with Crippen molar-refractivity contribution in [2.75, 3.05) is 18.9 Å². The van der Waals surface area contributed by atoms with Crippen LogP contribution >= 0.6 is 23.4 Å². The summed E-state index contributed by atoms with van der Waals surface area (Å²) in [5.74, 6) is 2.13. The van der Waals surface area contributed by atoms with Crippen LogP contribution in [0.25, 0.3) is 0 Å². The molecule has 1 N–H and O–H groups in total. The standard InChI is InChI=1S/C19H22ClNO2S/c1-14-4-3-5-18(15(14)2)23-11-10-21-19(22)13-24-12-16-6-8-17(20)9-7-16/h3-9H,10-13H2,1-2H3,(H,21,22). The van der Waals surface area contributed by atoms with Crippen molar-refractivity contribution in [3.8, 4) is 5.75 Å². The molecule has 0 atom stereocenters. The number of halogens is 1. The highest BCUT2D eigenvalue weighted by Crippen LogP contribution is 2.20. The number of benzene rings is 2. The van der Waals surface area contributed by atoms with Crippen LogP contribution in [0.4, 0.5) is 0 Å². The van der Waals surface area contributed by atoms with Crippen molar-refractivity contribution in [1.82, 2.24) is 5.32 Å². The van der Waals surface area contributed by atoms with Crippen LogP contribution < -0.4 is 10.1 Å². The van der Waals surface area contributed by atoms with E-state index in [0.29, 0.717) is 18.9 Å². The maximum absolute atomic E-state index is 11.8. The lowest BCUT2D eigenvalue weighted by molar-refractivity contribution is -0.118. The Hall–Kier alpha value is -1.65. The van der Waals surface area contributed by atoms with Crippen molar-refractivity contribution in [1.29, 1.82) is 0 Å². The van der Waals surface area contributed by atoms with Gasteiger partial charge in [-0.1, -0.05) is 35.9 Å². The van der Waals surface area contributed by atoms with E-state index in [9.17, 15) is 4.79 Å². The summed E-state index contributed by atoms with van der Waals surface area (Å²) in [7, 11) is 0. The second kappa shape index (κ2) is 9.60. The highest BCUT2D eigenvalue weighted by atomic mass is 35.5. The molecule has 0 heterocycles. The number of carbonyl (C=O) groups excluding carboxylic acids is 1. The van der Waals surface area contributed by atoms with E-state index in [2.05, 4.69) is 18.3 Å². The van der Waals surface area contributed by atoms with Gasteiger partial charge in [-0.3, -0.25) is 4.79 Å². The van der Waals surface area contributed by atoms with Crippen LogP contribution in [0.3, 0.4) is 0 Å². The third kappa shape index (κ3) is 6.10. The number of hydrogen-bond acceptors (Lipinski definition) is 3. The first kappa shape index (κ1) is 18.7. The number of ether oxygens (including phenoxy) is 1. The van der Waals surface area contributed by atoms with Crippen molar-refractivity contribution in [3.63, 3.8) is 0 Å². The zero-order valence-electron chi connectivity index (χ0n) is 14.0. The SMILES string of the molecule is Cc1cccc(OCCNC(=O)CSCc2ccc(Cl)cc2)c1C. The minimum absolute atomic E-state index is 0.0264. The summed E-state index contributed by atoms with van der Waals surface area (Å²) in [6.07, 6.45) is 0. The fraction of sp³-hybridized carbons (Fsp3) is 0.316. The van der Waals surface area contributed by atoms with Crippen LogP contribution in [0.15, 0.2) is 42.5 Å². The van der Waals surface area contributed by atoms with Gasteiger partial charge in [0.15, 0.2) is 0 Å². The van der Waals surface area contributed by atoms with Gasteiger partial charge in [0.1, 0.15) is 12.4 Å². The molecule has 0 saturated carbocycles. The molecule has 0 bridgehead atoms. The van der Waals surface area contributed by atoms with E-state index in [1.54, 1.807) is 11.8 Å². The quantitative estimate of drug-likeness (QED) is 0.707. The molecule has 0 unspecified atom stereocenters. The average molecular weight is 364 g/mol. The molecule has 1 amide bonds. The lowest BCUT2D eigenvalue weighted by Gasteiger charge is -2.11. The first-order valence-corrected chi connectivity index (χ1v) is 9.37. The Morgan fingerprint density at radius 3 is 2.67 bits per heavy atom. The molecule has 0 spiro atoms. The van der Waals surface area contributed by atoms with Gasteiger partial charge in [-0.25, -0.2) is 0 Å². The predicted molar refractivity (Wildman–Crippen MR) is 102 cm³/mol. The zero-order chi connectivity index (χ0) is 17.4.